The molecule has 122 valence electrons. The number of hydrogen-bond acceptors (Lipinski definition) is 3. The van der Waals surface area contributed by atoms with Gasteiger partial charge in [-0.2, -0.15) is 0 Å². The van der Waals surface area contributed by atoms with Crippen molar-refractivity contribution in [3.63, 3.8) is 0 Å². The zero-order chi connectivity index (χ0) is 16.3. The van der Waals surface area contributed by atoms with Gasteiger partial charge >= 0.3 is 0 Å². The number of nitrogens with zero attached hydrogens (tertiary/aromatic N) is 1. The molecule has 0 amide bonds. The molecule has 2 aromatic rings. The van der Waals surface area contributed by atoms with Crippen LogP contribution in [0.5, 0.6) is 0 Å². The lowest BCUT2D eigenvalue weighted by Gasteiger charge is -2.18. The molecule has 0 radical (unpaired) electrons. The molecule has 0 spiro atoms. The van der Waals surface area contributed by atoms with Crippen molar-refractivity contribution in [2.45, 2.75) is 11.3 Å². The van der Waals surface area contributed by atoms with Gasteiger partial charge < -0.3 is 4.90 Å². The fraction of sp³-hybridized carbons (Fsp3) is 0.294. The van der Waals surface area contributed by atoms with E-state index in [1.165, 1.54) is 17.8 Å². The molecule has 0 aromatic heterocycles. The quantitative estimate of drug-likeness (QED) is 0.901. The molecule has 6 heteroatoms. The molecule has 1 aliphatic heterocycles. The van der Waals surface area contributed by atoms with Gasteiger partial charge in [-0.05, 0) is 48.7 Å². The first-order valence-electron chi connectivity index (χ1n) is 7.60. The van der Waals surface area contributed by atoms with Crippen molar-refractivity contribution < 1.29 is 8.42 Å². The lowest BCUT2D eigenvalue weighted by molar-refractivity contribution is 0.541. The van der Waals surface area contributed by atoms with Gasteiger partial charge in [-0.3, -0.25) is 0 Å². The summed E-state index contributed by atoms with van der Waals surface area (Å²) in [5.74, 6) is 0.317. The number of rotatable bonds is 5. The maximum atomic E-state index is 12.3. The van der Waals surface area contributed by atoms with Gasteiger partial charge in [-0.1, -0.05) is 29.8 Å². The first-order valence-corrected chi connectivity index (χ1v) is 9.46. The summed E-state index contributed by atoms with van der Waals surface area (Å²) < 4.78 is 27.3. The van der Waals surface area contributed by atoms with E-state index < -0.39 is 10.0 Å². The third-order valence-corrected chi connectivity index (χ3v) is 5.78. The number of benzene rings is 2. The van der Waals surface area contributed by atoms with Crippen LogP contribution in [0.4, 0.5) is 5.69 Å². The molecule has 23 heavy (non-hydrogen) atoms. The third-order valence-electron chi connectivity index (χ3n) is 4.09. The van der Waals surface area contributed by atoms with Crippen LogP contribution < -0.4 is 9.62 Å². The lowest BCUT2D eigenvalue weighted by Crippen LogP contribution is -2.31. The Morgan fingerprint density at radius 3 is 2.48 bits per heavy atom. The standard InChI is InChI=1S/C17H19ClN2O2S/c18-15-6-8-17(9-7-15)23(21,22)19-12-14-10-11-20(13-14)16-4-2-1-3-5-16/h1-9,14,19H,10-13H2. The second-order valence-corrected chi connectivity index (χ2v) is 7.95. The molecule has 0 aliphatic carbocycles. The monoisotopic (exact) mass is 350 g/mol. The topological polar surface area (TPSA) is 49.4 Å². The van der Waals surface area contributed by atoms with Crippen LogP contribution in [0, 0.1) is 5.92 Å². The number of anilines is 1. The Balaban J connectivity index is 1.58. The second kappa shape index (κ2) is 6.91. The minimum Gasteiger partial charge on any atom is -0.371 e. The average Bonchev–Trinajstić information content (AvgIpc) is 3.03. The van der Waals surface area contributed by atoms with E-state index in [1.54, 1.807) is 12.1 Å². The van der Waals surface area contributed by atoms with E-state index in [0.29, 0.717) is 17.5 Å². The molecule has 1 atom stereocenters. The van der Waals surface area contributed by atoms with Gasteiger partial charge in [0.1, 0.15) is 0 Å². The third kappa shape index (κ3) is 4.05. The Hall–Kier alpha value is -1.56. The summed E-state index contributed by atoms with van der Waals surface area (Å²) >= 11 is 5.80. The molecular weight excluding hydrogens is 332 g/mol. The number of hydrogen-bond donors (Lipinski definition) is 1. The molecule has 1 unspecified atom stereocenters. The van der Waals surface area contributed by atoms with Crippen LogP contribution >= 0.6 is 11.6 Å². The van der Waals surface area contributed by atoms with Crippen LogP contribution in [0.3, 0.4) is 0 Å². The summed E-state index contributed by atoms with van der Waals surface area (Å²) in [6.07, 6.45) is 0.984. The van der Waals surface area contributed by atoms with Gasteiger partial charge in [0.15, 0.2) is 0 Å². The van der Waals surface area contributed by atoms with Crippen molar-refractivity contribution in [3.8, 4) is 0 Å². The van der Waals surface area contributed by atoms with Crippen LogP contribution in [-0.4, -0.2) is 28.1 Å². The Morgan fingerprint density at radius 2 is 1.78 bits per heavy atom. The molecule has 1 heterocycles. The Labute approximate surface area is 142 Å². The fourth-order valence-corrected chi connectivity index (χ4v) is 4.04. The van der Waals surface area contributed by atoms with Crippen LogP contribution in [0.2, 0.25) is 5.02 Å². The zero-order valence-electron chi connectivity index (χ0n) is 12.7. The molecule has 3 rings (SSSR count). The summed E-state index contributed by atoms with van der Waals surface area (Å²) in [7, 11) is -3.47. The predicted octanol–water partition coefficient (Wildman–Crippen LogP) is 3.14. The molecule has 1 fully saturated rings. The van der Waals surface area contributed by atoms with E-state index >= 15 is 0 Å². The van der Waals surface area contributed by atoms with Gasteiger partial charge in [0.2, 0.25) is 10.0 Å². The fourth-order valence-electron chi connectivity index (χ4n) is 2.80. The maximum Gasteiger partial charge on any atom is 0.240 e. The molecule has 2 aromatic carbocycles. The zero-order valence-corrected chi connectivity index (χ0v) is 14.2. The van der Waals surface area contributed by atoms with Gasteiger partial charge in [0, 0.05) is 30.3 Å². The summed E-state index contributed by atoms with van der Waals surface area (Å²) in [4.78, 5) is 2.54. The van der Waals surface area contributed by atoms with E-state index in [2.05, 4.69) is 21.8 Å². The smallest absolute Gasteiger partial charge is 0.240 e. The Morgan fingerprint density at radius 1 is 1.09 bits per heavy atom. The number of nitrogens with one attached hydrogen (secondary N) is 1. The van der Waals surface area contributed by atoms with E-state index in [9.17, 15) is 8.42 Å². The van der Waals surface area contributed by atoms with Crippen LogP contribution in [-0.2, 0) is 10.0 Å². The molecule has 0 bridgehead atoms. The predicted molar refractivity (Wildman–Crippen MR) is 93.4 cm³/mol. The highest BCUT2D eigenvalue weighted by Crippen LogP contribution is 2.23. The number of halogens is 1. The van der Waals surface area contributed by atoms with Crippen LogP contribution in [0.1, 0.15) is 6.42 Å². The van der Waals surface area contributed by atoms with Crippen LogP contribution in [0.25, 0.3) is 0 Å². The van der Waals surface area contributed by atoms with Crippen molar-refractivity contribution in [1.29, 1.82) is 0 Å². The number of sulfonamides is 1. The van der Waals surface area contributed by atoms with E-state index in [-0.39, 0.29) is 4.90 Å². The van der Waals surface area contributed by atoms with Gasteiger partial charge in [0.25, 0.3) is 0 Å². The SMILES string of the molecule is O=S(=O)(NCC1CCN(c2ccccc2)C1)c1ccc(Cl)cc1. The van der Waals surface area contributed by atoms with Crippen molar-refractivity contribution in [3.05, 3.63) is 59.6 Å². The highest BCUT2D eigenvalue weighted by molar-refractivity contribution is 7.89. The van der Waals surface area contributed by atoms with Crippen LogP contribution in [0.15, 0.2) is 59.5 Å². The minimum absolute atomic E-state index is 0.250. The van der Waals surface area contributed by atoms with Gasteiger partial charge in [0.05, 0.1) is 4.90 Å². The van der Waals surface area contributed by atoms with Crippen molar-refractivity contribution in [2.75, 3.05) is 24.5 Å². The van der Waals surface area contributed by atoms with Gasteiger partial charge in [-0.15, -0.1) is 0 Å². The highest BCUT2D eigenvalue weighted by atomic mass is 35.5. The first kappa shape index (κ1) is 16.3. The molecule has 1 aliphatic rings. The average molecular weight is 351 g/mol. The largest absolute Gasteiger partial charge is 0.371 e. The summed E-state index contributed by atoms with van der Waals surface area (Å²) in [5.41, 5.74) is 1.19. The first-order chi connectivity index (χ1) is 11.0. The second-order valence-electron chi connectivity index (χ2n) is 5.74. The van der Waals surface area contributed by atoms with E-state index in [4.69, 9.17) is 11.6 Å². The van der Waals surface area contributed by atoms with E-state index in [1.807, 2.05) is 18.2 Å². The van der Waals surface area contributed by atoms with E-state index in [0.717, 1.165) is 19.5 Å². The molecule has 1 saturated heterocycles. The highest BCUT2D eigenvalue weighted by Gasteiger charge is 2.24. The summed E-state index contributed by atoms with van der Waals surface area (Å²) in [6.45, 7) is 2.28. The van der Waals surface area contributed by atoms with Crippen molar-refractivity contribution in [1.82, 2.24) is 4.72 Å². The molecule has 4 nitrogen and oxygen atoms in total. The minimum atomic E-state index is -3.47. The molecular formula is C17H19ClN2O2S. The lowest BCUT2D eigenvalue weighted by atomic mass is 10.1. The summed E-state index contributed by atoms with van der Waals surface area (Å²) in [5, 5.41) is 0.526. The Kier molecular flexibility index (Phi) is 4.90. The molecule has 0 saturated carbocycles. The van der Waals surface area contributed by atoms with Gasteiger partial charge in [-0.25, -0.2) is 13.1 Å². The molecule has 1 N–H and O–H groups in total. The van der Waals surface area contributed by atoms with Crippen molar-refractivity contribution in [2.24, 2.45) is 5.92 Å². The maximum absolute atomic E-state index is 12.3. The summed E-state index contributed by atoms with van der Waals surface area (Å²) in [6, 6.07) is 16.4. The normalized spacial score (nSPS) is 18.3. The van der Waals surface area contributed by atoms with Crippen molar-refractivity contribution >= 4 is 27.3 Å². The number of para-hydroxylation sites is 1. The Bertz CT molecular complexity index is 748.